The molecule has 0 amide bonds. The summed E-state index contributed by atoms with van der Waals surface area (Å²) in [6.07, 6.45) is -0.629. The molecule has 0 aliphatic heterocycles. The van der Waals surface area contributed by atoms with E-state index in [0.29, 0.717) is 24.0 Å². The second-order valence-corrected chi connectivity index (χ2v) is 5.28. The highest BCUT2D eigenvalue weighted by molar-refractivity contribution is 5.71. The molecule has 0 spiro atoms. The molecular formula is C13H16F2N2O2. The van der Waals surface area contributed by atoms with Crippen molar-refractivity contribution in [1.29, 1.82) is 0 Å². The van der Waals surface area contributed by atoms with Crippen molar-refractivity contribution in [2.45, 2.75) is 44.4 Å². The van der Waals surface area contributed by atoms with Crippen LogP contribution >= 0.6 is 0 Å². The molecule has 104 valence electrons. The number of aromatic nitrogens is 2. The summed E-state index contributed by atoms with van der Waals surface area (Å²) < 4.78 is 30.9. The fourth-order valence-electron chi connectivity index (χ4n) is 3.21. The summed E-state index contributed by atoms with van der Waals surface area (Å²) in [5.74, 6) is 0.353. The van der Waals surface area contributed by atoms with Crippen LogP contribution < -0.4 is 0 Å². The van der Waals surface area contributed by atoms with Crippen LogP contribution in [0.1, 0.15) is 61.4 Å². The lowest BCUT2D eigenvalue weighted by atomic mass is 9.83. The Labute approximate surface area is 109 Å². The average molecular weight is 270 g/mol. The Hall–Kier alpha value is -1.46. The molecule has 0 bridgehead atoms. The van der Waals surface area contributed by atoms with Gasteiger partial charge in [-0.15, -0.1) is 0 Å². The number of H-pyrrole nitrogens is 1. The summed E-state index contributed by atoms with van der Waals surface area (Å²) in [7, 11) is 0. The Bertz CT molecular complexity index is 487. The van der Waals surface area contributed by atoms with Crippen LogP contribution in [0.4, 0.5) is 8.78 Å². The van der Waals surface area contributed by atoms with Crippen molar-refractivity contribution < 1.29 is 18.3 Å². The Morgan fingerprint density at radius 1 is 1.53 bits per heavy atom. The number of aromatic amines is 1. The van der Waals surface area contributed by atoms with E-state index in [2.05, 4.69) is 10.2 Å². The SMILES string of the molecule is CCOC(=O)CC1CC2CC2c2[nH]nc(C(F)F)c21. The van der Waals surface area contributed by atoms with Crippen LogP contribution in [0.3, 0.4) is 0 Å². The van der Waals surface area contributed by atoms with Crippen LogP contribution in [0.15, 0.2) is 0 Å². The highest BCUT2D eigenvalue weighted by Gasteiger charge is 2.49. The number of fused-ring (bicyclic) bond motifs is 3. The molecule has 1 heterocycles. The Morgan fingerprint density at radius 3 is 3.00 bits per heavy atom. The molecule has 0 radical (unpaired) electrons. The first-order valence-corrected chi connectivity index (χ1v) is 6.63. The van der Waals surface area contributed by atoms with Gasteiger partial charge in [0.1, 0.15) is 5.69 Å². The number of hydrogen-bond acceptors (Lipinski definition) is 3. The van der Waals surface area contributed by atoms with E-state index in [9.17, 15) is 13.6 Å². The van der Waals surface area contributed by atoms with Gasteiger partial charge in [0.25, 0.3) is 6.43 Å². The summed E-state index contributed by atoms with van der Waals surface area (Å²) in [4.78, 5) is 11.6. The van der Waals surface area contributed by atoms with Crippen molar-refractivity contribution in [3.63, 3.8) is 0 Å². The van der Waals surface area contributed by atoms with E-state index in [1.54, 1.807) is 6.92 Å². The van der Waals surface area contributed by atoms with Crippen molar-refractivity contribution in [1.82, 2.24) is 10.2 Å². The number of carbonyl (C=O) groups is 1. The van der Waals surface area contributed by atoms with Gasteiger partial charge in [-0.1, -0.05) is 0 Å². The number of nitrogens with zero attached hydrogens (tertiary/aromatic N) is 1. The molecule has 4 nitrogen and oxygen atoms in total. The monoisotopic (exact) mass is 270 g/mol. The quantitative estimate of drug-likeness (QED) is 0.856. The predicted molar refractivity (Wildman–Crippen MR) is 63.0 cm³/mol. The van der Waals surface area contributed by atoms with Crippen molar-refractivity contribution in [2.24, 2.45) is 5.92 Å². The minimum Gasteiger partial charge on any atom is -0.466 e. The minimum atomic E-state index is -2.60. The normalized spacial score (nSPS) is 27.9. The Morgan fingerprint density at radius 2 is 2.32 bits per heavy atom. The van der Waals surface area contributed by atoms with Gasteiger partial charge in [0.15, 0.2) is 0 Å². The number of ether oxygens (including phenoxy) is 1. The molecule has 6 heteroatoms. The maximum absolute atomic E-state index is 13.0. The van der Waals surface area contributed by atoms with E-state index < -0.39 is 6.43 Å². The first-order chi connectivity index (χ1) is 9.11. The van der Waals surface area contributed by atoms with Crippen LogP contribution in [-0.4, -0.2) is 22.8 Å². The number of alkyl halides is 2. The van der Waals surface area contributed by atoms with E-state index >= 15 is 0 Å². The number of rotatable bonds is 4. The van der Waals surface area contributed by atoms with Crippen molar-refractivity contribution in [3.8, 4) is 0 Å². The highest BCUT2D eigenvalue weighted by Crippen LogP contribution is 2.59. The number of esters is 1. The first kappa shape index (κ1) is 12.6. The summed E-state index contributed by atoms with van der Waals surface area (Å²) >= 11 is 0. The largest absolute Gasteiger partial charge is 0.466 e. The van der Waals surface area contributed by atoms with Gasteiger partial charge in [-0.05, 0) is 31.6 Å². The van der Waals surface area contributed by atoms with Crippen molar-refractivity contribution in [2.75, 3.05) is 6.61 Å². The number of carbonyl (C=O) groups excluding carboxylic acids is 1. The van der Waals surface area contributed by atoms with Gasteiger partial charge in [-0.25, -0.2) is 8.78 Å². The van der Waals surface area contributed by atoms with Gasteiger partial charge < -0.3 is 4.74 Å². The average Bonchev–Trinajstić information content (AvgIpc) is 2.98. The summed E-state index contributed by atoms with van der Waals surface area (Å²) in [6, 6.07) is 0. The maximum Gasteiger partial charge on any atom is 0.306 e. The van der Waals surface area contributed by atoms with Gasteiger partial charge in [0, 0.05) is 17.2 Å². The van der Waals surface area contributed by atoms with E-state index in [1.807, 2.05) is 0 Å². The Balaban J connectivity index is 1.88. The molecule has 1 fully saturated rings. The molecule has 0 saturated heterocycles. The molecule has 3 unspecified atom stereocenters. The zero-order valence-corrected chi connectivity index (χ0v) is 10.7. The van der Waals surface area contributed by atoms with Crippen LogP contribution in [0, 0.1) is 5.92 Å². The van der Waals surface area contributed by atoms with Crippen molar-refractivity contribution in [3.05, 3.63) is 17.0 Å². The lowest BCUT2D eigenvalue weighted by Crippen LogP contribution is -2.16. The predicted octanol–water partition coefficient (Wildman–Crippen LogP) is 2.89. The third kappa shape index (κ3) is 2.13. The first-order valence-electron chi connectivity index (χ1n) is 6.63. The zero-order valence-electron chi connectivity index (χ0n) is 10.7. The van der Waals surface area contributed by atoms with E-state index in [0.717, 1.165) is 18.5 Å². The van der Waals surface area contributed by atoms with E-state index in [-0.39, 0.29) is 24.0 Å². The molecule has 3 rings (SSSR count). The fraction of sp³-hybridized carbons (Fsp3) is 0.692. The summed E-state index contributed by atoms with van der Waals surface area (Å²) in [6.45, 7) is 2.06. The van der Waals surface area contributed by atoms with E-state index in [1.165, 1.54) is 0 Å². The van der Waals surface area contributed by atoms with Gasteiger partial charge in [0.05, 0.1) is 13.0 Å². The van der Waals surface area contributed by atoms with Crippen LogP contribution in [0.5, 0.6) is 0 Å². The second kappa shape index (κ2) is 4.58. The molecule has 0 aromatic carbocycles. The smallest absolute Gasteiger partial charge is 0.306 e. The van der Waals surface area contributed by atoms with Crippen LogP contribution in [0.2, 0.25) is 0 Å². The molecule has 19 heavy (non-hydrogen) atoms. The van der Waals surface area contributed by atoms with E-state index in [4.69, 9.17) is 4.74 Å². The lowest BCUT2D eigenvalue weighted by molar-refractivity contribution is -0.143. The second-order valence-electron chi connectivity index (χ2n) is 5.28. The molecule has 1 aromatic rings. The molecule has 2 aliphatic rings. The maximum atomic E-state index is 13.0. The lowest BCUT2D eigenvalue weighted by Gasteiger charge is -2.21. The third-order valence-corrected chi connectivity index (χ3v) is 4.08. The highest BCUT2D eigenvalue weighted by atomic mass is 19.3. The van der Waals surface area contributed by atoms with Gasteiger partial charge in [-0.2, -0.15) is 5.10 Å². The molecular weight excluding hydrogens is 254 g/mol. The van der Waals surface area contributed by atoms with Crippen molar-refractivity contribution >= 4 is 5.97 Å². The summed E-state index contributed by atoms with van der Waals surface area (Å²) in [5, 5.41) is 6.50. The van der Waals surface area contributed by atoms with Crippen LogP contribution in [0.25, 0.3) is 0 Å². The fourth-order valence-corrected chi connectivity index (χ4v) is 3.21. The molecule has 1 N–H and O–H groups in total. The van der Waals surface area contributed by atoms with Gasteiger partial charge in [-0.3, -0.25) is 9.89 Å². The Kier molecular flexibility index (Phi) is 3.03. The zero-order chi connectivity index (χ0) is 13.6. The molecule has 3 atom stereocenters. The molecule has 2 aliphatic carbocycles. The van der Waals surface area contributed by atoms with Gasteiger partial charge >= 0.3 is 5.97 Å². The molecule has 1 saturated carbocycles. The topological polar surface area (TPSA) is 55.0 Å². The van der Waals surface area contributed by atoms with Gasteiger partial charge in [0.2, 0.25) is 0 Å². The number of halogens is 2. The third-order valence-electron chi connectivity index (χ3n) is 4.08. The molecule has 1 aromatic heterocycles. The summed E-state index contributed by atoms with van der Waals surface area (Å²) in [5.41, 5.74) is 1.21. The standard InChI is InChI=1S/C13H16F2N2O2/c1-2-19-9(18)5-7-3-6-4-8(6)11-10(7)12(13(14)15)17-16-11/h6-8,13H,2-5H2,1H3,(H,16,17). The minimum absolute atomic E-state index is 0.170. The van der Waals surface area contributed by atoms with Crippen LogP contribution in [-0.2, 0) is 9.53 Å². The number of nitrogens with one attached hydrogen (secondary N) is 1. The number of hydrogen-bond donors (Lipinski definition) is 1.